The molecule has 3 rings (SSSR count). The summed E-state index contributed by atoms with van der Waals surface area (Å²) in [5.74, 6) is 0. The Morgan fingerprint density at radius 2 is 1.53 bits per heavy atom. The molecule has 1 unspecified atom stereocenters. The predicted octanol–water partition coefficient (Wildman–Crippen LogP) is 5.65. The van der Waals surface area contributed by atoms with E-state index in [0.717, 1.165) is 0 Å². The van der Waals surface area contributed by atoms with Crippen LogP contribution in [0.2, 0.25) is 0 Å². The minimum absolute atomic E-state index is 0.0923. The van der Waals surface area contributed by atoms with Crippen LogP contribution < -0.4 is 0 Å². The molecule has 2 heteroatoms. The third kappa shape index (κ3) is 1.72. The molecule has 3 aromatic rings. The minimum atomic E-state index is 0.0923. The van der Waals surface area contributed by atoms with Gasteiger partial charge in [0.05, 0.1) is 9.86 Å². The Kier molecular flexibility index (Phi) is 2.77. The number of halogens is 1. The molecule has 0 aliphatic rings. The van der Waals surface area contributed by atoms with Gasteiger partial charge < -0.3 is 0 Å². The van der Waals surface area contributed by atoms with E-state index in [-0.39, 0.29) is 10.5 Å². The summed E-state index contributed by atoms with van der Waals surface area (Å²) in [7, 11) is 0.0923. The molecular weight excluding hydrogens is 292 g/mol. The third-order valence-electron chi connectivity index (χ3n) is 2.94. The number of benzene rings is 2. The Bertz CT molecular complexity index is 668. The van der Waals surface area contributed by atoms with E-state index in [0.29, 0.717) is 0 Å². The highest BCUT2D eigenvalue weighted by molar-refractivity contribution is 9.10. The molecule has 0 fully saturated rings. The van der Waals surface area contributed by atoms with Gasteiger partial charge in [0.15, 0.2) is 14.5 Å². The Hall–Kier alpha value is -1.12. The van der Waals surface area contributed by atoms with E-state index in [1.807, 2.05) is 0 Å². The zero-order valence-electron chi connectivity index (χ0n) is 9.48. The van der Waals surface area contributed by atoms with Gasteiger partial charge in [0.1, 0.15) is 0 Å². The number of thiophene rings is 1. The van der Waals surface area contributed by atoms with Gasteiger partial charge in [-0.3, -0.25) is 0 Å². The lowest BCUT2D eigenvalue weighted by Gasteiger charge is -1.92. The van der Waals surface area contributed by atoms with Crippen molar-refractivity contribution in [3.8, 4) is 4.90 Å². The topological polar surface area (TPSA) is 0 Å². The quantitative estimate of drug-likeness (QED) is 0.510. The molecule has 0 nitrogen and oxygen atoms in total. The SMILES string of the molecule is Cc1c(Br)c2ccccc2[s+]1-c1ccccc1. The van der Waals surface area contributed by atoms with E-state index in [1.165, 1.54) is 24.3 Å². The summed E-state index contributed by atoms with van der Waals surface area (Å²) < 4.78 is 2.70. The van der Waals surface area contributed by atoms with Crippen LogP contribution in [0.3, 0.4) is 0 Å². The molecule has 1 atom stereocenters. The van der Waals surface area contributed by atoms with Crippen LogP contribution in [0.5, 0.6) is 0 Å². The zero-order chi connectivity index (χ0) is 11.8. The maximum atomic E-state index is 3.73. The highest BCUT2D eigenvalue weighted by Crippen LogP contribution is 2.48. The lowest BCUT2D eigenvalue weighted by Crippen LogP contribution is -1.70. The molecule has 1 heterocycles. The first kappa shape index (κ1) is 11.0. The van der Waals surface area contributed by atoms with Crippen molar-refractivity contribution < 1.29 is 0 Å². The maximum absolute atomic E-state index is 3.73. The fourth-order valence-corrected chi connectivity index (χ4v) is 5.35. The van der Waals surface area contributed by atoms with Crippen molar-refractivity contribution in [2.75, 3.05) is 0 Å². The van der Waals surface area contributed by atoms with Gasteiger partial charge in [0.2, 0.25) is 0 Å². The first-order valence-electron chi connectivity index (χ1n) is 5.54. The second kappa shape index (κ2) is 4.28. The number of rotatable bonds is 1. The van der Waals surface area contributed by atoms with Crippen molar-refractivity contribution in [1.82, 2.24) is 0 Å². The average molecular weight is 304 g/mol. The van der Waals surface area contributed by atoms with Crippen molar-refractivity contribution >= 4 is 36.5 Å². The number of hydrogen-bond acceptors (Lipinski definition) is 0. The summed E-state index contributed by atoms with van der Waals surface area (Å²) in [4.78, 5) is 2.82. The Morgan fingerprint density at radius 1 is 0.882 bits per heavy atom. The minimum Gasteiger partial charge on any atom is -0.0619 e. The van der Waals surface area contributed by atoms with Crippen LogP contribution in [0.4, 0.5) is 0 Å². The summed E-state index contributed by atoms with van der Waals surface area (Å²) >= 11 is 3.73. The van der Waals surface area contributed by atoms with Crippen LogP contribution in [0, 0.1) is 6.92 Å². The highest BCUT2D eigenvalue weighted by Gasteiger charge is 2.24. The van der Waals surface area contributed by atoms with Crippen LogP contribution in [0.25, 0.3) is 15.0 Å². The van der Waals surface area contributed by atoms with Gasteiger partial charge in [-0.15, -0.1) is 0 Å². The first-order valence-corrected chi connectivity index (χ1v) is 7.56. The van der Waals surface area contributed by atoms with Gasteiger partial charge in [0.25, 0.3) is 0 Å². The standard InChI is InChI=1S/C15H12BrS/c1-11-15(16)13-9-5-6-10-14(13)17(11)12-7-3-2-4-8-12/h2-10H,1H3/q+1. The molecular formula is C15H12BrS+. The first-order chi connectivity index (χ1) is 8.29. The molecule has 0 bridgehead atoms. The summed E-state index contributed by atoms with van der Waals surface area (Å²) in [6, 6.07) is 19.4. The van der Waals surface area contributed by atoms with Crippen molar-refractivity contribution in [2.24, 2.45) is 0 Å². The van der Waals surface area contributed by atoms with E-state index in [2.05, 4.69) is 77.5 Å². The molecule has 0 spiro atoms. The van der Waals surface area contributed by atoms with Crippen LogP contribution in [0.1, 0.15) is 4.88 Å². The van der Waals surface area contributed by atoms with Crippen molar-refractivity contribution in [3.63, 3.8) is 0 Å². The molecule has 1 aromatic heterocycles. The Morgan fingerprint density at radius 3 is 2.29 bits per heavy atom. The highest BCUT2D eigenvalue weighted by atomic mass is 79.9. The molecule has 17 heavy (non-hydrogen) atoms. The maximum Gasteiger partial charge on any atom is 0.187 e. The van der Waals surface area contributed by atoms with Crippen LogP contribution >= 0.6 is 26.4 Å². The fourth-order valence-electron chi connectivity index (χ4n) is 2.13. The average Bonchev–Trinajstić information content (AvgIpc) is 2.64. The number of fused-ring (bicyclic) bond motifs is 1. The second-order valence-electron chi connectivity index (χ2n) is 3.99. The normalized spacial score (nSPS) is 12.0. The lowest BCUT2D eigenvalue weighted by molar-refractivity contribution is 1.60. The summed E-state index contributed by atoms with van der Waals surface area (Å²) in [6.45, 7) is 2.22. The van der Waals surface area contributed by atoms with Crippen molar-refractivity contribution in [3.05, 3.63) is 63.9 Å². The van der Waals surface area contributed by atoms with Gasteiger partial charge in [-0.2, -0.15) is 0 Å². The van der Waals surface area contributed by atoms with Gasteiger partial charge in [-0.25, -0.2) is 0 Å². The van der Waals surface area contributed by atoms with Crippen molar-refractivity contribution in [1.29, 1.82) is 0 Å². The van der Waals surface area contributed by atoms with Crippen LogP contribution in [0.15, 0.2) is 59.1 Å². The second-order valence-corrected chi connectivity index (χ2v) is 6.91. The van der Waals surface area contributed by atoms with Crippen LogP contribution in [-0.2, 0) is 0 Å². The van der Waals surface area contributed by atoms with Gasteiger partial charge >= 0.3 is 0 Å². The molecule has 0 amide bonds. The van der Waals surface area contributed by atoms with E-state index in [1.54, 1.807) is 0 Å². The molecule has 0 N–H and O–H groups in total. The molecule has 2 aromatic carbocycles. The largest absolute Gasteiger partial charge is 0.187 e. The third-order valence-corrected chi connectivity index (χ3v) is 6.58. The summed E-state index contributed by atoms with van der Waals surface area (Å²) in [6.07, 6.45) is 0. The molecule has 0 radical (unpaired) electrons. The van der Waals surface area contributed by atoms with E-state index < -0.39 is 0 Å². The molecule has 84 valence electrons. The van der Waals surface area contributed by atoms with Crippen molar-refractivity contribution in [2.45, 2.75) is 6.92 Å². The lowest BCUT2D eigenvalue weighted by atomic mass is 10.2. The Labute approximate surface area is 112 Å². The van der Waals surface area contributed by atoms with E-state index in [4.69, 9.17) is 0 Å². The predicted molar refractivity (Wildman–Crippen MR) is 80.2 cm³/mol. The fraction of sp³-hybridized carbons (Fsp3) is 0.0667. The number of hydrogen-bond donors (Lipinski definition) is 0. The van der Waals surface area contributed by atoms with E-state index >= 15 is 0 Å². The molecule has 0 saturated carbocycles. The molecule has 0 saturated heterocycles. The summed E-state index contributed by atoms with van der Waals surface area (Å²) in [5, 5.41) is 1.34. The van der Waals surface area contributed by atoms with E-state index in [9.17, 15) is 0 Å². The van der Waals surface area contributed by atoms with Crippen LogP contribution in [-0.4, -0.2) is 0 Å². The van der Waals surface area contributed by atoms with Gasteiger partial charge in [0, 0.05) is 17.4 Å². The monoisotopic (exact) mass is 303 g/mol. The van der Waals surface area contributed by atoms with Gasteiger partial charge in [-0.05, 0) is 40.2 Å². The zero-order valence-corrected chi connectivity index (χ0v) is 11.9. The summed E-state index contributed by atoms with van der Waals surface area (Å²) in [5.41, 5.74) is 0. The van der Waals surface area contributed by atoms with Gasteiger partial charge in [-0.1, -0.05) is 30.3 Å². The molecule has 0 aliphatic heterocycles. The Balaban J connectivity index is 2.41. The smallest absolute Gasteiger partial charge is 0.0619 e. The molecule has 0 aliphatic carbocycles.